The number of nitrogens with zero attached hydrogens (tertiary/aromatic N) is 1. The molecule has 2 unspecified atom stereocenters. The highest BCUT2D eigenvalue weighted by molar-refractivity contribution is 5.81. The van der Waals surface area contributed by atoms with E-state index in [-0.39, 0.29) is 18.0 Å². The van der Waals surface area contributed by atoms with Gasteiger partial charge in [0.2, 0.25) is 5.91 Å². The van der Waals surface area contributed by atoms with E-state index in [0.717, 1.165) is 52.2 Å². The third-order valence-corrected chi connectivity index (χ3v) is 3.60. The summed E-state index contributed by atoms with van der Waals surface area (Å²) in [5.41, 5.74) is 0. The first-order chi connectivity index (χ1) is 9.13. The molecule has 1 heterocycles. The van der Waals surface area contributed by atoms with Crippen molar-refractivity contribution in [2.24, 2.45) is 0 Å². The summed E-state index contributed by atoms with van der Waals surface area (Å²) in [6.07, 6.45) is 2.04. The molecule has 0 aliphatic carbocycles. The lowest BCUT2D eigenvalue weighted by Gasteiger charge is -2.26. The Balaban J connectivity index is 2.05. The molecule has 0 aromatic rings. The molecule has 1 saturated heterocycles. The van der Waals surface area contributed by atoms with Crippen molar-refractivity contribution in [3.63, 3.8) is 0 Å². The lowest BCUT2D eigenvalue weighted by molar-refractivity contribution is -0.123. The summed E-state index contributed by atoms with van der Waals surface area (Å²) in [6, 6.07) is 0.142. The van der Waals surface area contributed by atoms with Gasteiger partial charge in [0.05, 0.1) is 19.3 Å². The van der Waals surface area contributed by atoms with E-state index in [1.165, 1.54) is 0 Å². The molecule has 19 heavy (non-hydrogen) atoms. The zero-order chi connectivity index (χ0) is 14.1. The second-order valence-corrected chi connectivity index (χ2v) is 5.30. The minimum absolute atomic E-state index is 0.0979. The first-order valence-corrected chi connectivity index (χ1v) is 7.47. The molecule has 1 aliphatic heterocycles. The molecule has 2 atom stereocenters. The Bertz CT molecular complexity index is 255. The molecule has 1 rings (SSSR count). The topological polar surface area (TPSA) is 53.6 Å². The van der Waals surface area contributed by atoms with E-state index < -0.39 is 0 Å². The summed E-state index contributed by atoms with van der Waals surface area (Å²) in [5.74, 6) is 0.0979. The van der Waals surface area contributed by atoms with Gasteiger partial charge < -0.3 is 15.4 Å². The second kappa shape index (κ2) is 9.28. The van der Waals surface area contributed by atoms with Crippen LogP contribution in [-0.2, 0) is 9.53 Å². The van der Waals surface area contributed by atoms with Gasteiger partial charge in [-0.05, 0) is 39.8 Å². The van der Waals surface area contributed by atoms with Crippen molar-refractivity contribution in [1.82, 2.24) is 15.5 Å². The fraction of sp³-hybridized carbons (Fsp3) is 0.929. The number of ether oxygens (including phenoxy) is 1. The van der Waals surface area contributed by atoms with Crippen molar-refractivity contribution in [3.05, 3.63) is 0 Å². The number of nitrogens with one attached hydrogen (secondary N) is 2. The van der Waals surface area contributed by atoms with Crippen LogP contribution in [0.3, 0.4) is 0 Å². The lowest BCUT2D eigenvalue weighted by Crippen LogP contribution is -2.46. The minimum atomic E-state index is -0.112. The number of carbonyl (C=O) groups excluding carboxylic acids is 1. The van der Waals surface area contributed by atoms with Gasteiger partial charge in [-0.25, -0.2) is 0 Å². The van der Waals surface area contributed by atoms with Gasteiger partial charge in [-0.3, -0.25) is 9.69 Å². The van der Waals surface area contributed by atoms with Crippen molar-refractivity contribution < 1.29 is 9.53 Å². The molecule has 0 saturated carbocycles. The van der Waals surface area contributed by atoms with E-state index >= 15 is 0 Å². The molecular weight excluding hydrogens is 242 g/mol. The van der Waals surface area contributed by atoms with E-state index in [1.54, 1.807) is 0 Å². The van der Waals surface area contributed by atoms with Crippen molar-refractivity contribution in [2.45, 2.75) is 45.7 Å². The van der Waals surface area contributed by atoms with Crippen LogP contribution in [0.4, 0.5) is 0 Å². The minimum Gasteiger partial charge on any atom is -0.379 e. The maximum atomic E-state index is 11.8. The summed E-state index contributed by atoms with van der Waals surface area (Å²) >= 11 is 0. The molecule has 5 nitrogen and oxygen atoms in total. The average molecular weight is 271 g/mol. The predicted octanol–water partition coefficient (Wildman–Crippen LogP) is 0.602. The Kier molecular flexibility index (Phi) is 8.02. The Morgan fingerprint density at radius 1 is 1.32 bits per heavy atom. The van der Waals surface area contributed by atoms with Gasteiger partial charge in [-0.15, -0.1) is 0 Å². The third-order valence-electron chi connectivity index (χ3n) is 3.60. The molecule has 0 radical (unpaired) electrons. The van der Waals surface area contributed by atoms with Crippen LogP contribution < -0.4 is 10.6 Å². The van der Waals surface area contributed by atoms with Crippen LogP contribution in [0.15, 0.2) is 0 Å². The van der Waals surface area contributed by atoms with Gasteiger partial charge in [0.1, 0.15) is 0 Å². The number of carbonyl (C=O) groups is 1. The maximum absolute atomic E-state index is 11.8. The smallest absolute Gasteiger partial charge is 0.237 e. The maximum Gasteiger partial charge on any atom is 0.237 e. The second-order valence-electron chi connectivity index (χ2n) is 5.30. The number of hydrogen-bond donors (Lipinski definition) is 2. The van der Waals surface area contributed by atoms with Gasteiger partial charge >= 0.3 is 0 Å². The zero-order valence-electron chi connectivity index (χ0n) is 12.6. The monoisotopic (exact) mass is 271 g/mol. The number of morpholine rings is 1. The van der Waals surface area contributed by atoms with E-state index in [4.69, 9.17) is 4.74 Å². The molecule has 5 heteroatoms. The van der Waals surface area contributed by atoms with Gasteiger partial charge in [0.25, 0.3) is 0 Å². The van der Waals surface area contributed by atoms with Crippen molar-refractivity contribution >= 4 is 5.91 Å². The number of hydrogen-bond acceptors (Lipinski definition) is 4. The Hall–Kier alpha value is -0.650. The quantitative estimate of drug-likeness (QED) is 0.635. The lowest BCUT2D eigenvalue weighted by atomic mass is 10.2. The van der Waals surface area contributed by atoms with Gasteiger partial charge in [-0.2, -0.15) is 0 Å². The number of amides is 1. The Morgan fingerprint density at radius 3 is 2.63 bits per heavy atom. The fourth-order valence-electron chi connectivity index (χ4n) is 2.01. The Labute approximate surface area is 117 Å². The average Bonchev–Trinajstić information content (AvgIpc) is 2.44. The molecule has 1 fully saturated rings. The Morgan fingerprint density at radius 2 is 2.00 bits per heavy atom. The molecule has 1 aliphatic rings. The molecule has 1 amide bonds. The van der Waals surface area contributed by atoms with E-state index in [0.29, 0.717) is 0 Å². The highest BCUT2D eigenvalue weighted by Crippen LogP contribution is 1.97. The summed E-state index contributed by atoms with van der Waals surface area (Å²) < 4.78 is 5.31. The van der Waals surface area contributed by atoms with Crippen LogP contribution in [-0.4, -0.2) is 62.3 Å². The first kappa shape index (κ1) is 16.4. The SMILES string of the molecule is CCC(C)NC(=O)C(C)NCCCN1CCOCC1. The van der Waals surface area contributed by atoms with Crippen LogP contribution in [0.5, 0.6) is 0 Å². The highest BCUT2D eigenvalue weighted by Gasteiger charge is 2.14. The van der Waals surface area contributed by atoms with Crippen LogP contribution in [0, 0.1) is 0 Å². The largest absolute Gasteiger partial charge is 0.379 e. The van der Waals surface area contributed by atoms with Gasteiger partial charge in [0, 0.05) is 19.1 Å². The van der Waals surface area contributed by atoms with Crippen molar-refractivity contribution in [3.8, 4) is 0 Å². The highest BCUT2D eigenvalue weighted by atomic mass is 16.5. The normalized spacial score (nSPS) is 19.9. The van der Waals surface area contributed by atoms with Crippen molar-refractivity contribution in [2.75, 3.05) is 39.4 Å². The standard InChI is InChI=1S/C14H29N3O2/c1-4-12(2)16-14(18)13(3)15-6-5-7-17-8-10-19-11-9-17/h12-13,15H,4-11H2,1-3H3,(H,16,18). The van der Waals surface area contributed by atoms with Crippen molar-refractivity contribution in [1.29, 1.82) is 0 Å². The van der Waals surface area contributed by atoms with Crippen LogP contribution >= 0.6 is 0 Å². The zero-order valence-corrected chi connectivity index (χ0v) is 12.6. The van der Waals surface area contributed by atoms with E-state index in [1.807, 2.05) is 13.8 Å². The third kappa shape index (κ3) is 6.89. The summed E-state index contributed by atoms with van der Waals surface area (Å²) in [7, 11) is 0. The summed E-state index contributed by atoms with van der Waals surface area (Å²) in [5, 5.41) is 6.27. The molecule has 0 spiro atoms. The van der Waals surface area contributed by atoms with Gasteiger partial charge in [0.15, 0.2) is 0 Å². The molecule has 0 bridgehead atoms. The van der Waals surface area contributed by atoms with Crippen LogP contribution in [0.25, 0.3) is 0 Å². The van der Waals surface area contributed by atoms with Gasteiger partial charge in [-0.1, -0.05) is 6.92 Å². The molecule has 0 aromatic carbocycles. The van der Waals surface area contributed by atoms with E-state index in [9.17, 15) is 4.79 Å². The predicted molar refractivity (Wildman–Crippen MR) is 77.2 cm³/mol. The van der Waals surface area contributed by atoms with Crippen LogP contribution in [0.1, 0.15) is 33.6 Å². The van der Waals surface area contributed by atoms with Crippen LogP contribution in [0.2, 0.25) is 0 Å². The fourth-order valence-corrected chi connectivity index (χ4v) is 2.01. The molecule has 2 N–H and O–H groups in total. The molecule has 0 aromatic heterocycles. The number of rotatable bonds is 8. The summed E-state index contributed by atoms with van der Waals surface area (Å²) in [4.78, 5) is 14.2. The van der Waals surface area contributed by atoms with E-state index in [2.05, 4.69) is 22.5 Å². The summed E-state index contributed by atoms with van der Waals surface area (Å²) in [6.45, 7) is 11.7. The molecular formula is C14H29N3O2. The first-order valence-electron chi connectivity index (χ1n) is 7.47. The molecule has 112 valence electrons.